The van der Waals surface area contributed by atoms with E-state index in [9.17, 15) is 10.2 Å². The van der Waals surface area contributed by atoms with Crippen LogP contribution in [0, 0.1) is 0 Å². The number of benzene rings is 2. The van der Waals surface area contributed by atoms with Crippen LogP contribution in [0.2, 0.25) is 0 Å². The Morgan fingerprint density at radius 1 is 1.00 bits per heavy atom. The summed E-state index contributed by atoms with van der Waals surface area (Å²) in [6, 6.07) is 17.0. The van der Waals surface area contributed by atoms with Crippen molar-refractivity contribution in [2.24, 2.45) is 0 Å². The van der Waals surface area contributed by atoms with Crippen LogP contribution in [-0.2, 0) is 0 Å². The van der Waals surface area contributed by atoms with Gasteiger partial charge in [-0.15, -0.1) is 12.4 Å². The number of ether oxygens (including phenoxy) is 2. The third-order valence-corrected chi connectivity index (χ3v) is 3.42. The van der Waals surface area contributed by atoms with Gasteiger partial charge in [0.2, 0.25) is 0 Å². The zero-order valence-electron chi connectivity index (χ0n) is 13.7. The Balaban J connectivity index is 0.00000288. The first-order chi connectivity index (χ1) is 11.2. The first-order valence-corrected chi connectivity index (χ1v) is 7.59. The molecule has 2 N–H and O–H groups in total. The van der Waals surface area contributed by atoms with Crippen molar-refractivity contribution in [3.05, 3.63) is 54.6 Å². The van der Waals surface area contributed by atoms with E-state index in [1.54, 1.807) is 13.2 Å². The standard InChI is InChI=1S/C18H23NO4.ClH/c1-22-17-9-5-6-10-18(17)23-14-16(21)13-19(11-12-20)15-7-3-2-4-8-15;/h2-10,16,20-21H,11-14H2,1H3;1H. The highest BCUT2D eigenvalue weighted by atomic mass is 35.5. The molecule has 0 aliphatic rings. The molecule has 0 aromatic heterocycles. The molecule has 0 saturated carbocycles. The lowest BCUT2D eigenvalue weighted by atomic mass is 10.2. The fourth-order valence-electron chi connectivity index (χ4n) is 2.32. The molecule has 2 aromatic carbocycles. The van der Waals surface area contributed by atoms with E-state index in [1.165, 1.54) is 0 Å². The maximum atomic E-state index is 10.2. The second-order valence-corrected chi connectivity index (χ2v) is 5.12. The summed E-state index contributed by atoms with van der Waals surface area (Å²) >= 11 is 0. The Morgan fingerprint density at radius 3 is 2.25 bits per heavy atom. The second kappa shape index (κ2) is 10.8. The molecule has 0 saturated heterocycles. The molecule has 0 amide bonds. The summed E-state index contributed by atoms with van der Waals surface area (Å²) in [6.45, 7) is 1.000. The average Bonchev–Trinajstić information content (AvgIpc) is 2.60. The number of methoxy groups -OCH3 is 1. The van der Waals surface area contributed by atoms with Crippen LogP contribution < -0.4 is 14.4 Å². The van der Waals surface area contributed by atoms with Crippen molar-refractivity contribution in [2.45, 2.75) is 6.10 Å². The number of nitrogens with zero attached hydrogens (tertiary/aromatic N) is 1. The van der Waals surface area contributed by atoms with Gasteiger partial charge in [0.15, 0.2) is 11.5 Å². The average molecular weight is 354 g/mol. The van der Waals surface area contributed by atoms with Gasteiger partial charge in [-0.05, 0) is 24.3 Å². The van der Waals surface area contributed by atoms with Gasteiger partial charge in [-0.1, -0.05) is 30.3 Å². The van der Waals surface area contributed by atoms with Gasteiger partial charge in [0.05, 0.1) is 13.7 Å². The topological polar surface area (TPSA) is 62.2 Å². The van der Waals surface area contributed by atoms with Gasteiger partial charge in [0, 0.05) is 18.8 Å². The normalized spacial score (nSPS) is 11.3. The second-order valence-electron chi connectivity index (χ2n) is 5.12. The Hall–Kier alpha value is -1.95. The fraction of sp³-hybridized carbons (Fsp3) is 0.333. The predicted molar refractivity (Wildman–Crippen MR) is 97.5 cm³/mol. The molecule has 6 heteroatoms. The van der Waals surface area contributed by atoms with Crippen molar-refractivity contribution < 1.29 is 19.7 Å². The summed E-state index contributed by atoms with van der Waals surface area (Å²) in [5, 5.41) is 19.5. The molecular weight excluding hydrogens is 330 g/mol. The Morgan fingerprint density at radius 2 is 1.62 bits per heavy atom. The van der Waals surface area contributed by atoms with Gasteiger partial charge in [0.1, 0.15) is 12.7 Å². The molecule has 24 heavy (non-hydrogen) atoms. The highest BCUT2D eigenvalue weighted by Crippen LogP contribution is 2.25. The molecule has 0 aliphatic heterocycles. The summed E-state index contributed by atoms with van der Waals surface area (Å²) in [7, 11) is 1.58. The Bertz CT molecular complexity index is 582. The maximum Gasteiger partial charge on any atom is 0.161 e. The van der Waals surface area contributed by atoms with Crippen molar-refractivity contribution in [3.63, 3.8) is 0 Å². The number of halogens is 1. The molecule has 0 aliphatic carbocycles. The first kappa shape index (κ1) is 20.1. The molecule has 0 radical (unpaired) electrons. The molecular formula is C18H24ClNO4. The van der Waals surface area contributed by atoms with Crippen molar-refractivity contribution in [3.8, 4) is 11.5 Å². The molecule has 0 bridgehead atoms. The molecule has 0 fully saturated rings. The Kier molecular flexibility index (Phi) is 9.01. The van der Waals surface area contributed by atoms with Crippen molar-refractivity contribution in [1.82, 2.24) is 0 Å². The van der Waals surface area contributed by atoms with Gasteiger partial charge < -0.3 is 24.6 Å². The van der Waals surface area contributed by atoms with Crippen LogP contribution in [-0.4, -0.2) is 49.7 Å². The van der Waals surface area contributed by atoms with E-state index in [4.69, 9.17) is 9.47 Å². The maximum absolute atomic E-state index is 10.2. The molecule has 2 aromatic rings. The SMILES string of the molecule is COc1ccccc1OCC(O)CN(CCO)c1ccccc1.Cl. The van der Waals surface area contributed by atoms with E-state index in [2.05, 4.69) is 0 Å². The smallest absolute Gasteiger partial charge is 0.161 e. The van der Waals surface area contributed by atoms with Crippen LogP contribution in [0.15, 0.2) is 54.6 Å². The quantitative estimate of drug-likeness (QED) is 0.724. The summed E-state index contributed by atoms with van der Waals surface area (Å²) in [5.41, 5.74) is 0.956. The van der Waals surface area contributed by atoms with Gasteiger partial charge in [-0.2, -0.15) is 0 Å². The molecule has 0 spiro atoms. The number of anilines is 1. The van der Waals surface area contributed by atoms with Crippen molar-refractivity contribution in [1.29, 1.82) is 0 Å². The van der Waals surface area contributed by atoms with E-state index < -0.39 is 6.10 Å². The van der Waals surface area contributed by atoms with E-state index >= 15 is 0 Å². The van der Waals surface area contributed by atoms with Gasteiger partial charge in [-0.25, -0.2) is 0 Å². The molecule has 1 unspecified atom stereocenters. The highest BCUT2D eigenvalue weighted by molar-refractivity contribution is 5.85. The molecule has 132 valence electrons. The lowest BCUT2D eigenvalue weighted by Crippen LogP contribution is -2.37. The summed E-state index contributed by atoms with van der Waals surface area (Å²) in [5.74, 6) is 1.23. The third-order valence-electron chi connectivity index (χ3n) is 3.42. The van der Waals surface area contributed by atoms with Gasteiger partial charge in [0.25, 0.3) is 0 Å². The molecule has 5 nitrogen and oxygen atoms in total. The van der Waals surface area contributed by atoms with E-state index in [-0.39, 0.29) is 25.6 Å². The molecule has 2 rings (SSSR count). The van der Waals surface area contributed by atoms with Crippen LogP contribution >= 0.6 is 12.4 Å². The minimum atomic E-state index is -0.688. The molecule has 0 heterocycles. The number of para-hydroxylation sites is 3. The van der Waals surface area contributed by atoms with Crippen molar-refractivity contribution >= 4 is 18.1 Å². The largest absolute Gasteiger partial charge is 0.493 e. The third kappa shape index (κ3) is 5.92. The minimum Gasteiger partial charge on any atom is -0.493 e. The zero-order valence-corrected chi connectivity index (χ0v) is 14.5. The van der Waals surface area contributed by atoms with E-state index in [0.717, 1.165) is 5.69 Å². The number of rotatable bonds is 9. The monoisotopic (exact) mass is 353 g/mol. The summed E-state index contributed by atoms with van der Waals surface area (Å²) in [6.07, 6.45) is -0.688. The van der Waals surface area contributed by atoms with E-state index in [1.807, 2.05) is 53.4 Å². The van der Waals surface area contributed by atoms with Crippen LogP contribution in [0.4, 0.5) is 5.69 Å². The lowest BCUT2D eigenvalue weighted by molar-refractivity contribution is 0.109. The van der Waals surface area contributed by atoms with Crippen LogP contribution in [0.3, 0.4) is 0 Å². The number of aliphatic hydroxyl groups is 2. The summed E-state index contributed by atoms with van der Waals surface area (Å²) in [4.78, 5) is 1.93. The Labute approximate surface area is 148 Å². The zero-order chi connectivity index (χ0) is 16.5. The number of hydrogen-bond donors (Lipinski definition) is 2. The molecule has 1 atom stereocenters. The highest BCUT2D eigenvalue weighted by Gasteiger charge is 2.14. The van der Waals surface area contributed by atoms with Gasteiger partial charge in [-0.3, -0.25) is 0 Å². The van der Waals surface area contributed by atoms with Crippen LogP contribution in [0.25, 0.3) is 0 Å². The number of aliphatic hydroxyl groups excluding tert-OH is 2. The van der Waals surface area contributed by atoms with Crippen LogP contribution in [0.1, 0.15) is 0 Å². The van der Waals surface area contributed by atoms with E-state index in [0.29, 0.717) is 24.6 Å². The van der Waals surface area contributed by atoms with Crippen LogP contribution in [0.5, 0.6) is 11.5 Å². The minimum absolute atomic E-state index is 0. The number of hydrogen-bond acceptors (Lipinski definition) is 5. The lowest BCUT2D eigenvalue weighted by Gasteiger charge is -2.26. The fourth-order valence-corrected chi connectivity index (χ4v) is 2.32. The summed E-state index contributed by atoms with van der Waals surface area (Å²) < 4.78 is 10.9. The first-order valence-electron chi connectivity index (χ1n) is 7.59. The van der Waals surface area contributed by atoms with Crippen molar-refractivity contribution in [2.75, 3.05) is 38.3 Å². The van der Waals surface area contributed by atoms with Gasteiger partial charge >= 0.3 is 0 Å². The predicted octanol–water partition coefficient (Wildman–Crippen LogP) is 2.36.